The van der Waals surface area contributed by atoms with Gasteiger partial charge in [0, 0.05) is 18.7 Å². The van der Waals surface area contributed by atoms with Crippen molar-refractivity contribution in [2.24, 2.45) is 0 Å². The Morgan fingerprint density at radius 3 is 2.59 bits per heavy atom. The Bertz CT molecular complexity index is 1400. The summed E-state index contributed by atoms with van der Waals surface area (Å²) in [6.07, 6.45) is 1.74. The third-order valence-electron chi connectivity index (χ3n) is 6.11. The van der Waals surface area contributed by atoms with Crippen LogP contribution in [0.4, 0.5) is 5.69 Å². The third-order valence-corrected chi connectivity index (χ3v) is 9.15. The summed E-state index contributed by atoms with van der Waals surface area (Å²) in [5, 5.41) is 0.928. The molecule has 4 aromatic rings. The molecule has 0 spiro atoms. The number of para-hydroxylation sites is 2. The van der Waals surface area contributed by atoms with Gasteiger partial charge in [-0.2, -0.15) is 0 Å². The summed E-state index contributed by atoms with van der Waals surface area (Å²) in [6, 6.07) is 23.3. The number of sulfonamides is 1. The average Bonchev–Trinajstić information content (AvgIpc) is 3.52. The summed E-state index contributed by atoms with van der Waals surface area (Å²) in [6.45, 7) is 2.71. The van der Waals surface area contributed by atoms with Crippen LogP contribution in [-0.4, -0.2) is 37.3 Å². The molecule has 0 aliphatic carbocycles. The van der Waals surface area contributed by atoms with Gasteiger partial charge >= 0.3 is 0 Å². The molecule has 0 saturated carbocycles. The van der Waals surface area contributed by atoms with E-state index in [2.05, 4.69) is 0 Å². The van der Waals surface area contributed by atoms with Gasteiger partial charge in [0.15, 0.2) is 0 Å². The van der Waals surface area contributed by atoms with Gasteiger partial charge in [-0.05, 0) is 62.2 Å². The predicted octanol–water partition coefficient (Wildman–Crippen LogP) is 5.49. The summed E-state index contributed by atoms with van der Waals surface area (Å²) in [4.78, 5) is 20.2. The number of rotatable bonds is 6. The monoisotopic (exact) mass is 491 g/mol. The van der Waals surface area contributed by atoms with Gasteiger partial charge in [-0.3, -0.25) is 9.10 Å². The van der Waals surface area contributed by atoms with E-state index in [0.717, 1.165) is 28.1 Å². The number of anilines is 1. The largest absolute Gasteiger partial charge is 0.329 e. The van der Waals surface area contributed by atoms with Crippen molar-refractivity contribution in [1.29, 1.82) is 0 Å². The molecular formula is C26H25N3O3S2. The van der Waals surface area contributed by atoms with Crippen LogP contribution in [0.25, 0.3) is 10.2 Å². The first-order valence-electron chi connectivity index (χ1n) is 11.3. The highest BCUT2D eigenvalue weighted by Crippen LogP contribution is 2.37. The number of amides is 1. The summed E-state index contributed by atoms with van der Waals surface area (Å²) in [5.74, 6) is -0.165. The van der Waals surface area contributed by atoms with Crippen molar-refractivity contribution in [3.8, 4) is 0 Å². The predicted molar refractivity (Wildman–Crippen MR) is 136 cm³/mol. The van der Waals surface area contributed by atoms with E-state index in [4.69, 9.17) is 4.98 Å². The lowest BCUT2D eigenvalue weighted by Crippen LogP contribution is -2.32. The fourth-order valence-corrected chi connectivity index (χ4v) is 7.10. The van der Waals surface area contributed by atoms with Gasteiger partial charge in [-0.1, -0.05) is 36.4 Å². The standard InChI is InChI=1S/C26H25N3O3S2/c1-2-29(20-11-4-3-5-12-20)34(31,32)21-13-8-10-19(18-21)26(30)28-17-9-15-23(28)25-27-22-14-6-7-16-24(22)33-25/h3-8,10-14,16,18,23H,2,9,15,17H2,1H3/t23-/m1/s1. The highest BCUT2D eigenvalue weighted by atomic mass is 32.2. The lowest BCUT2D eigenvalue weighted by atomic mass is 10.1. The second-order valence-electron chi connectivity index (χ2n) is 8.21. The molecule has 5 rings (SSSR count). The first-order chi connectivity index (χ1) is 16.5. The van der Waals surface area contributed by atoms with Gasteiger partial charge in [-0.25, -0.2) is 13.4 Å². The number of likely N-dealkylation sites (tertiary alicyclic amines) is 1. The highest BCUT2D eigenvalue weighted by molar-refractivity contribution is 7.92. The molecule has 0 radical (unpaired) electrons. The maximum absolute atomic E-state index is 13.5. The van der Waals surface area contributed by atoms with E-state index < -0.39 is 10.0 Å². The molecule has 1 aliphatic heterocycles. The van der Waals surface area contributed by atoms with Crippen molar-refractivity contribution >= 4 is 43.2 Å². The van der Waals surface area contributed by atoms with Gasteiger partial charge in [0.2, 0.25) is 0 Å². The molecule has 0 N–H and O–H groups in total. The van der Waals surface area contributed by atoms with E-state index in [1.807, 2.05) is 47.4 Å². The second-order valence-corrected chi connectivity index (χ2v) is 11.1. The van der Waals surface area contributed by atoms with Crippen molar-refractivity contribution in [1.82, 2.24) is 9.88 Å². The minimum Gasteiger partial charge on any atom is -0.329 e. The van der Waals surface area contributed by atoms with E-state index in [-0.39, 0.29) is 23.4 Å². The smallest absolute Gasteiger partial charge is 0.264 e. The van der Waals surface area contributed by atoms with Crippen LogP contribution in [-0.2, 0) is 10.0 Å². The molecule has 8 heteroatoms. The van der Waals surface area contributed by atoms with Crippen LogP contribution >= 0.6 is 11.3 Å². The Labute approximate surface area is 203 Å². The molecule has 6 nitrogen and oxygen atoms in total. The number of fused-ring (bicyclic) bond motifs is 1. The van der Waals surface area contributed by atoms with E-state index in [9.17, 15) is 13.2 Å². The molecular weight excluding hydrogens is 466 g/mol. The molecule has 174 valence electrons. The molecule has 1 fully saturated rings. The Kier molecular flexibility index (Phi) is 6.10. The normalized spacial score (nSPS) is 16.1. The van der Waals surface area contributed by atoms with Crippen molar-refractivity contribution in [3.63, 3.8) is 0 Å². The van der Waals surface area contributed by atoms with Crippen molar-refractivity contribution in [2.45, 2.75) is 30.7 Å². The molecule has 1 aromatic heterocycles. The Morgan fingerprint density at radius 1 is 1.06 bits per heavy atom. The van der Waals surface area contributed by atoms with Gasteiger partial charge in [0.1, 0.15) is 5.01 Å². The maximum Gasteiger partial charge on any atom is 0.264 e. The molecule has 0 unspecified atom stereocenters. The number of thiazole rings is 1. The summed E-state index contributed by atoms with van der Waals surface area (Å²) in [7, 11) is -3.81. The molecule has 0 bridgehead atoms. The summed E-state index contributed by atoms with van der Waals surface area (Å²) < 4.78 is 29.3. The second kappa shape index (κ2) is 9.19. The summed E-state index contributed by atoms with van der Waals surface area (Å²) in [5.41, 5.74) is 1.91. The van der Waals surface area contributed by atoms with E-state index >= 15 is 0 Å². The topological polar surface area (TPSA) is 70.6 Å². The van der Waals surface area contributed by atoms with Crippen LogP contribution < -0.4 is 4.31 Å². The van der Waals surface area contributed by atoms with Crippen molar-refractivity contribution in [2.75, 3.05) is 17.4 Å². The van der Waals surface area contributed by atoms with Crippen LogP contribution in [0.1, 0.15) is 41.2 Å². The SMILES string of the molecule is CCN(c1ccccc1)S(=O)(=O)c1cccc(C(=O)N2CCC[C@@H]2c2nc3ccccc3s2)c1. The molecule has 1 aliphatic rings. The zero-order valence-corrected chi connectivity index (χ0v) is 20.4. The molecule has 2 heterocycles. The van der Waals surface area contributed by atoms with Crippen LogP contribution in [0.3, 0.4) is 0 Å². The molecule has 34 heavy (non-hydrogen) atoms. The van der Waals surface area contributed by atoms with Crippen LogP contribution in [0.15, 0.2) is 83.8 Å². The Morgan fingerprint density at radius 2 is 1.82 bits per heavy atom. The van der Waals surface area contributed by atoms with Crippen LogP contribution in [0, 0.1) is 0 Å². The summed E-state index contributed by atoms with van der Waals surface area (Å²) >= 11 is 1.62. The number of aromatic nitrogens is 1. The van der Waals surface area contributed by atoms with E-state index in [1.165, 1.54) is 10.4 Å². The first kappa shape index (κ1) is 22.6. The number of hydrogen-bond donors (Lipinski definition) is 0. The van der Waals surface area contributed by atoms with Gasteiger partial charge in [0.05, 0.1) is 26.8 Å². The first-order valence-corrected chi connectivity index (χ1v) is 13.6. The van der Waals surface area contributed by atoms with E-state index in [1.54, 1.807) is 48.6 Å². The van der Waals surface area contributed by atoms with E-state index in [0.29, 0.717) is 17.8 Å². The van der Waals surface area contributed by atoms with Crippen molar-refractivity contribution < 1.29 is 13.2 Å². The van der Waals surface area contributed by atoms with Gasteiger partial charge in [0.25, 0.3) is 15.9 Å². The zero-order valence-electron chi connectivity index (χ0n) is 18.8. The molecule has 1 saturated heterocycles. The van der Waals surface area contributed by atoms with Gasteiger partial charge < -0.3 is 4.90 Å². The van der Waals surface area contributed by atoms with Crippen LogP contribution in [0.5, 0.6) is 0 Å². The molecule has 3 aromatic carbocycles. The minimum atomic E-state index is -3.81. The molecule has 1 amide bonds. The number of carbonyl (C=O) groups excluding carboxylic acids is 1. The number of benzene rings is 3. The zero-order chi connectivity index (χ0) is 23.7. The maximum atomic E-state index is 13.5. The van der Waals surface area contributed by atoms with Crippen LogP contribution in [0.2, 0.25) is 0 Å². The Hall–Kier alpha value is -3.23. The number of carbonyl (C=O) groups is 1. The quantitative estimate of drug-likeness (QED) is 0.358. The Balaban J connectivity index is 1.45. The lowest BCUT2D eigenvalue weighted by molar-refractivity contribution is 0.0735. The highest BCUT2D eigenvalue weighted by Gasteiger charge is 2.33. The fraction of sp³-hybridized carbons (Fsp3) is 0.231. The number of nitrogens with zero attached hydrogens (tertiary/aromatic N) is 3. The average molecular weight is 492 g/mol. The third kappa shape index (κ3) is 4.08. The van der Waals surface area contributed by atoms with Gasteiger partial charge in [-0.15, -0.1) is 11.3 Å². The van der Waals surface area contributed by atoms with Crippen molar-refractivity contribution in [3.05, 3.63) is 89.4 Å². The minimum absolute atomic E-state index is 0.0957. The number of hydrogen-bond acceptors (Lipinski definition) is 5. The lowest BCUT2D eigenvalue weighted by Gasteiger charge is -2.25. The molecule has 1 atom stereocenters. The fourth-order valence-electron chi connectivity index (χ4n) is 4.47.